The molecule has 1 aromatic heterocycles. The van der Waals surface area contributed by atoms with Gasteiger partial charge in [-0.3, -0.25) is 4.98 Å². The molecule has 2 rings (SSSR count). The van der Waals surface area contributed by atoms with E-state index < -0.39 is 0 Å². The van der Waals surface area contributed by atoms with Gasteiger partial charge in [-0.1, -0.05) is 12.8 Å². The molecular weight excluding hydrogens is 222 g/mol. The van der Waals surface area contributed by atoms with E-state index in [4.69, 9.17) is 5.73 Å². The summed E-state index contributed by atoms with van der Waals surface area (Å²) < 4.78 is 0. The van der Waals surface area contributed by atoms with Crippen LogP contribution in [-0.4, -0.2) is 29.0 Å². The number of aryl methyl sites for hydroxylation is 1. The third kappa shape index (κ3) is 3.70. The number of likely N-dealkylation sites (tertiary alicyclic amines) is 1. The minimum absolute atomic E-state index is 0.777. The van der Waals surface area contributed by atoms with Crippen LogP contribution in [0.3, 0.4) is 0 Å². The fourth-order valence-corrected chi connectivity index (χ4v) is 2.53. The molecule has 1 aliphatic heterocycles. The number of nitrogens with two attached hydrogens (primary N) is 1. The molecule has 0 radical (unpaired) electrons. The van der Waals surface area contributed by atoms with Crippen LogP contribution in [0.1, 0.15) is 44.7 Å². The molecule has 18 heavy (non-hydrogen) atoms. The fourth-order valence-electron chi connectivity index (χ4n) is 2.53. The number of hydrogen-bond donors (Lipinski definition) is 1. The molecule has 0 amide bonds. The van der Waals surface area contributed by atoms with E-state index in [0.717, 1.165) is 23.8 Å². The monoisotopic (exact) mass is 247 g/mol. The lowest BCUT2D eigenvalue weighted by Gasteiger charge is -2.36. The average molecular weight is 247 g/mol. The van der Waals surface area contributed by atoms with Gasteiger partial charge in [-0.05, 0) is 57.8 Å². The summed E-state index contributed by atoms with van der Waals surface area (Å²) in [7, 11) is 0. The Bertz CT molecular complexity index is 361. The number of aromatic nitrogens is 1. The highest BCUT2D eigenvalue weighted by Gasteiger charge is 2.19. The Labute approximate surface area is 110 Å². The molecule has 2 N–H and O–H groups in total. The first-order valence-electron chi connectivity index (χ1n) is 7.21. The molecule has 2 heterocycles. The number of nitrogen functional groups attached to an aromatic ring is 1. The van der Waals surface area contributed by atoms with Crippen molar-refractivity contribution in [3.8, 4) is 0 Å². The molecule has 3 heteroatoms. The van der Waals surface area contributed by atoms with Gasteiger partial charge in [0.2, 0.25) is 0 Å². The molecule has 3 nitrogen and oxygen atoms in total. The summed E-state index contributed by atoms with van der Waals surface area (Å²) in [6.07, 6.45) is 9.38. The third-order valence-electron chi connectivity index (χ3n) is 3.97. The molecule has 1 saturated heterocycles. The highest BCUT2D eigenvalue weighted by molar-refractivity contribution is 5.41. The maximum absolute atomic E-state index is 5.88. The second-order valence-corrected chi connectivity index (χ2v) is 5.38. The lowest BCUT2D eigenvalue weighted by atomic mass is 10.0. The highest BCUT2D eigenvalue weighted by atomic mass is 15.2. The standard InChI is InChI=1S/C15H25N3/c1-13(18-11-6-12-18)7-3-2-4-9-15-14(16)8-5-10-17-15/h5,8,10,13H,2-4,6-7,9,11-12,16H2,1H3. The van der Waals surface area contributed by atoms with Crippen molar-refractivity contribution in [1.82, 2.24) is 9.88 Å². The van der Waals surface area contributed by atoms with Crippen LogP contribution in [0, 0.1) is 0 Å². The quantitative estimate of drug-likeness (QED) is 0.753. The Morgan fingerprint density at radius 1 is 1.33 bits per heavy atom. The van der Waals surface area contributed by atoms with E-state index in [-0.39, 0.29) is 0 Å². The summed E-state index contributed by atoms with van der Waals surface area (Å²) in [6.45, 7) is 4.98. The van der Waals surface area contributed by atoms with E-state index >= 15 is 0 Å². The maximum atomic E-state index is 5.88. The van der Waals surface area contributed by atoms with Gasteiger partial charge in [-0.15, -0.1) is 0 Å². The molecule has 0 aromatic carbocycles. The number of pyridine rings is 1. The van der Waals surface area contributed by atoms with Crippen LogP contribution < -0.4 is 5.73 Å². The summed E-state index contributed by atoms with van der Waals surface area (Å²) in [5.41, 5.74) is 7.78. The first kappa shape index (κ1) is 13.3. The number of nitrogens with zero attached hydrogens (tertiary/aromatic N) is 2. The fraction of sp³-hybridized carbons (Fsp3) is 0.667. The van der Waals surface area contributed by atoms with Crippen molar-refractivity contribution in [3.05, 3.63) is 24.0 Å². The first-order valence-corrected chi connectivity index (χ1v) is 7.21. The molecule has 0 spiro atoms. The summed E-state index contributed by atoms with van der Waals surface area (Å²) in [5, 5.41) is 0. The van der Waals surface area contributed by atoms with E-state index in [1.807, 2.05) is 18.3 Å². The first-order chi connectivity index (χ1) is 8.77. The highest BCUT2D eigenvalue weighted by Crippen LogP contribution is 2.17. The summed E-state index contributed by atoms with van der Waals surface area (Å²) in [5.74, 6) is 0. The minimum Gasteiger partial charge on any atom is -0.397 e. The summed E-state index contributed by atoms with van der Waals surface area (Å²) in [4.78, 5) is 6.91. The van der Waals surface area contributed by atoms with Gasteiger partial charge in [0.15, 0.2) is 0 Å². The summed E-state index contributed by atoms with van der Waals surface area (Å²) in [6, 6.07) is 4.61. The number of anilines is 1. The van der Waals surface area contributed by atoms with Crippen LogP contribution in [-0.2, 0) is 6.42 Å². The zero-order chi connectivity index (χ0) is 12.8. The molecule has 0 aliphatic carbocycles. The van der Waals surface area contributed by atoms with E-state index in [9.17, 15) is 0 Å². The van der Waals surface area contributed by atoms with Gasteiger partial charge in [0, 0.05) is 12.2 Å². The van der Waals surface area contributed by atoms with Gasteiger partial charge < -0.3 is 10.6 Å². The van der Waals surface area contributed by atoms with Crippen molar-refractivity contribution in [1.29, 1.82) is 0 Å². The van der Waals surface area contributed by atoms with Gasteiger partial charge in [-0.2, -0.15) is 0 Å². The van der Waals surface area contributed by atoms with Gasteiger partial charge in [-0.25, -0.2) is 0 Å². The largest absolute Gasteiger partial charge is 0.397 e. The predicted molar refractivity (Wildman–Crippen MR) is 76.5 cm³/mol. The van der Waals surface area contributed by atoms with Gasteiger partial charge >= 0.3 is 0 Å². The second kappa shape index (κ2) is 6.74. The predicted octanol–water partition coefficient (Wildman–Crippen LogP) is 2.86. The van der Waals surface area contributed by atoms with Gasteiger partial charge in [0.25, 0.3) is 0 Å². The Balaban J connectivity index is 1.57. The SMILES string of the molecule is CC(CCCCCc1ncccc1N)N1CCC1. The Morgan fingerprint density at radius 3 is 2.83 bits per heavy atom. The van der Waals surface area contributed by atoms with Crippen LogP contribution in [0.4, 0.5) is 5.69 Å². The van der Waals surface area contributed by atoms with E-state index in [1.54, 1.807) is 0 Å². The maximum Gasteiger partial charge on any atom is 0.0632 e. The van der Waals surface area contributed by atoms with Crippen LogP contribution in [0.5, 0.6) is 0 Å². The average Bonchev–Trinajstić information content (AvgIpc) is 2.28. The van der Waals surface area contributed by atoms with E-state index in [2.05, 4.69) is 16.8 Å². The molecule has 0 bridgehead atoms. The van der Waals surface area contributed by atoms with Crippen molar-refractivity contribution in [2.24, 2.45) is 0 Å². The van der Waals surface area contributed by atoms with E-state index in [1.165, 1.54) is 45.2 Å². The topological polar surface area (TPSA) is 42.1 Å². The molecule has 1 fully saturated rings. The Kier molecular flexibility index (Phi) is 5.00. The van der Waals surface area contributed by atoms with Crippen molar-refractivity contribution < 1.29 is 0 Å². The zero-order valence-corrected chi connectivity index (χ0v) is 11.4. The molecule has 1 unspecified atom stereocenters. The Hall–Kier alpha value is -1.09. The zero-order valence-electron chi connectivity index (χ0n) is 11.4. The number of unbranched alkanes of at least 4 members (excludes halogenated alkanes) is 2. The van der Waals surface area contributed by atoms with Crippen LogP contribution in [0.2, 0.25) is 0 Å². The smallest absolute Gasteiger partial charge is 0.0632 e. The van der Waals surface area contributed by atoms with Crippen molar-refractivity contribution >= 4 is 5.69 Å². The molecule has 1 aromatic rings. The van der Waals surface area contributed by atoms with Crippen molar-refractivity contribution in [2.45, 2.75) is 51.5 Å². The van der Waals surface area contributed by atoms with Crippen molar-refractivity contribution in [3.63, 3.8) is 0 Å². The van der Waals surface area contributed by atoms with Crippen LogP contribution >= 0.6 is 0 Å². The van der Waals surface area contributed by atoms with Crippen LogP contribution in [0.15, 0.2) is 18.3 Å². The normalized spacial score (nSPS) is 17.4. The summed E-state index contributed by atoms with van der Waals surface area (Å²) >= 11 is 0. The lowest BCUT2D eigenvalue weighted by Crippen LogP contribution is -2.43. The number of rotatable bonds is 7. The molecule has 1 aliphatic rings. The molecule has 100 valence electrons. The van der Waals surface area contributed by atoms with Gasteiger partial charge in [0.05, 0.1) is 11.4 Å². The Morgan fingerprint density at radius 2 is 2.17 bits per heavy atom. The van der Waals surface area contributed by atoms with Gasteiger partial charge in [0.1, 0.15) is 0 Å². The molecular formula is C15H25N3. The van der Waals surface area contributed by atoms with Crippen LogP contribution in [0.25, 0.3) is 0 Å². The second-order valence-electron chi connectivity index (χ2n) is 5.38. The molecule has 0 saturated carbocycles. The van der Waals surface area contributed by atoms with E-state index in [0.29, 0.717) is 0 Å². The minimum atomic E-state index is 0.777. The number of hydrogen-bond acceptors (Lipinski definition) is 3. The molecule has 1 atom stereocenters. The van der Waals surface area contributed by atoms with Crippen molar-refractivity contribution in [2.75, 3.05) is 18.8 Å². The lowest BCUT2D eigenvalue weighted by molar-refractivity contribution is 0.120. The third-order valence-corrected chi connectivity index (χ3v) is 3.97.